The zero-order valence-electron chi connectivity index (χ0n) is 25.4. The lowest BCUT2D eigenvalue weighted by Gasteiger charge is -2.30. The minimum Gasteiger partial charge on any atom is -0.267 e. The van der Waals surface area contributed by atoms with E-state index >= 15 is 0 Å². The Kier molecular flexibility index (Phi) is 7.94. The molecule has 0 aliphatic carbocycles. The van der Waals surface area contributed by atoms with Crippen molar-refractivity contribution in [2.75, 3.05) is 18.1 Å². The average Bonchev–Trinajstić information content (AvgIpc) is 3.67. The van der Waals surface area contributed by atoms with Gasteiger partial charge < -0.3 is 0 Å². The molecule has 2 aliphatic heterocycles. The Bertz CT molecular complexity index is 2060. The molecule has 46 heavy (non-hydrogen) atoms. The number of nitrogens with zero attached hydrogens (tertiary/aromatic N) is 5. The molecule has 230 valence electrons. The Balaban J connectivity index is 1.36. The topological polar surface area (TPSA) is 87.9 Å². The lowest BCUT2D eigenvalue weighted by molar-refractivity contribution is -0.114. The number of carbonyl (C=O) groups excluding carboxylic acids is 1. The third kappa shape index (κ3) is 5.71. The van der Waals surface area contributed by atoms with Gasteiger partial charge in [-0.15, -0.1) is 0 Å². The van der Waals surface area contributed by atoms with Crippen LogP contribution in [0.25, 0.3) is 23.0 Å². The fraction of sp³-hybridized carbons (Fsp3) is 0.162. The number of hydrogen-bond acceptors (Lipinski definition) is 5. The molecule has 9 heteroatoms. The van der Waals surface area contributed by atoms with Crippen LogP contribution >= 0.6 is 0 Å². The SMILES string of the molecule is CC1CCCN(S(=O)(=O)c2cccc(-c3nn(-c4ccccc4)cc3C=C3C(=O)N(c4ccccc4)N=C3c3ccccc3)c2)C1. The molecule has 0 saturated carbocycles. The highest BCUT2D eigenvalue weighted by molar-refractivity contribution is 7.89. The van der Waals surface area contributed by atoms with Crippen molar-refractivity contribution in [2.45, 2.75) is 24.7 Å². The van der Waals surface area contributed by atoms with Gasteiger partial charge >= 0.3 is 0 Å². The highest BCUT2D eigenvalue weighted by Crippen LogP contribution is 2.33. The Morgan fingerprint density at radius 1 is 0.804 bits per heavy atom. The molecule has 7 rings (SSSR count). The lowest BCUT2D eigenvalue weighted by Crippen LogP contribution is -2.39. The number of anilines is 1. The number of rotatable bonds is 7. The number of benzene rings is 4. The molecule has 0 N–H and O–H groups in total. The van der Waals surface area contributed by atoms with E-state index in [9.17, 15) is 13.2 Å². The van der Waals surface area contributed by atoms with E-state index in [0.29, 0.717) is 52.8 Å². The molecule has 0 spiro atoms. The fourth-order valence-corrected chi connectivity index (χ4v) is 7.65. The van der Waals surface area contributed by atoms with E-state index in [1.54, 1.807) is 27.2 Å². The van der Waals surface area contributed by atoms with Crippen molar-refractivity contribution in [1.29, 1.82) is 0 Å². The Morgan fingerprint density at radius 3 is 2.15 bits per heavy atom. The summed E-state index contributed by atoms with van der Waals surface area (Å²) in [5.41, 5.74) is 5.11. The predicted octanol–water partition coefficient (Wildman–Crippen LogP) is 6.79. The van der Waals surface area contributed by atoms with Crippen LogP contribution in [0.5, 0.6) is 0 Å². The smallest absolute Gasteiger partial charge is 0.267 e. The first-order chi connectivity index (χ1) is 22.4. The van der Waals surface area contributed by atoms with E-state index in [0.717, 1.165) is 24.1 Å². The molecule has 4 aromatic carbocycles. The molecule has 1 fully saturated rings. The Morgan fingerprint density at radius 2 is 1.46 bits per heavy atom. The standard InChI is InChI=1S/C37H33N5O3S/c1-27-13-12-22-40(25-27)46(44,45)33-21-11-16-29(23-33)35-30(26-41(38-35)31-17-7-3-8-18-31)24-34-36(28-14-5-2-6-15-28)39-42(37(34)43)32-19-9-4-10-20-32/h2-11,14-21,23-24,26-27H,12-13,22,25H2,1H3. The van der Waals surface area contributed by atoms with Crippen molar-refractivity contribution in [3.63, 3.8) is 0 Å². The minimum absolute atomic E-state index is 0.227. The van der Waals surface area contributed by atoms with Crippen molar-refractivity contribution >= 4 is 33.4 Å². The molecule has 0 bridgehead atoms. The van der Waals surface area contributed by atoms with Gasteiger partial charge in [-0.3, -0.25) is 4.79 Å². The monoisotopic (exact) mass is 627 g/mol. The summed E-state index contributed by atoms with van der Waals surface area (Å²) >= 11 is 0. The summed E-state index contributed by atoms with van der Waals surface area (Å²) in [5, 5.41) is 11.1. The van der Waals surface area contributed by atoms with E-state index in [1.165, 1.54) is 5.01 Å². The van der Waals surface area contributed by atoms with Crippen molar-refractivity contribution in [3.05, 3.63) is 138 Å². The summed E-state index contributed by atoms with van der Waals surface area (Å²) in [6.45, 7) is 3.11. The van der Waals surface area contributed by atoms with E-state index in [2.05, 4.69) is 6.92 Å². The molecular weight excluding hydrogens is 595 g/mol. The predicted molar refractivity (Wildman–Crippen MR) is 181 cm³/mol. The van der Waals surface area contributed by atoms with Gasteiger partial charge in [-0.05, 0) is 61.2 Å². The zero-order chi connectivity index (χ0) is 31.7. The summed E-state index contributed by atoms with van der Waals surface area (Å²) in [6, 6.07) is 35.6. The van der Waals surface area contributed by atoms with Crippen molar-refractivity contribution in [1.82, 2.24) is 14.1 Å². The Labute approximate surface area is 269 Å². The molecule has 2 aliphatic rings. The molecule has 1 atom stereocenters. The summed E-state index contributed by atoms with van der Waals surface area (Å²) in [6.07, 6.45) is 5.55. The molecule has 1 aromatic heterocycles. The molecule has 8 nitrogen and oxygen atoms in total. The van der Waals surface area contributed by atoms with E-state index in [4.69, 9.17) is 10.2 Å². The summed E-state index contributed by atoms with van der Waals surface area (Å²) in [4.78, 5) is 14.3. The van der Waals surface area contributed by atoms with E-state index in [-0.39, 0.29) is 10.8 Å². The zero-order valence-corrected chi connectivity index (χ0v) is 26.2. The number of piperidine rings is 1. The van der Waals surface area contributed by atoms with Gasteiger partial charge in [-0.2, -0.15) is 19.5 Å². The van der Waals surface area contributed by atoms with E-state index in [1.807, 2.05) is 109 Å². The van der Waals surface area contributed by atoms with Crippen LogP contribution in [0.1, 0.15) is 30.9 Å². The van der Waals surface area contributed by atoms with Crippen LogP contribution in [0.2, 0.25) is 0 Å². The maximum atomic E-state index is 14.0. The number of hydrazone groups is 1. The van der Waals surface area contributed by atoms with E-state index < -0.39 is 10.0 Å². The second-order valence-electron chi connectivity index (χ2n) is 11.7. The van der Waals surface area contributed by atoms with Gasteiger partial charge in [0.05, 0.1) is 21.8 Å². The first-order valence-corrected chi connectivity index (χ1v) is 16.8. The van der Waals surface area contributed by atoms with Crippen LogP contribution in [0, 0.1) is 5.92 Å². The minimum atomic E-state index is -3.69. The van der Waals surface area contributed by atoms with Gasteiger partial charge in [0.1, 0.15) is 11.4 Å². The number of hydrogen-bond donors (Lipinski definition) is 0. The number of sulfonamides is 1. The van der Waals surface area contributed by atoms with Crippen LogP contribution in [-0.2, 0) is 14.8 Å². The third-order valence-electron chi connectivity index (χ3n) is 8.35. The van der Waals surface area contributed by atoms with Gasteiger partial charge in [0.15, 0.2) is 0 Å². The fourth-order valence-electron chi connectivity index (χ4n) is 6.00. The molecule has 5 aromatic rings. The highest BCUT2D eigenvalue weighted by Gasteiger charge is 2.33. The highest BCUT2D eigenvalue weighted by atomic mass is 32.2. The lowest BCUT2D eigenvalue weighted by atomic mass is 9.99. The number of para-hydroxylation sites is 2. The van der Waals surface area contributed by atoms with Gasteiger partial charge in [-0.25, -0.2) is 13.1 Å². The first-order valence-electron chi connectivity index (χ1n) is 15.4. The summed E-state index contributed by atoms with van der Waals surface area (Å²) < 4.78 is 30.8. The molecular formula is C37H33N5O3S. The van der Waals surface area contributed by atoms with Gasteiger partial charge in [0, 0.05) is 36.0 Å². The van der Waals surface area contributed by atoms with Gasteiger partial charge in [0.25, 0.3) is 5.91 Å². The molecule has 3 heterocycles. The summed E-state index contributed by atoms with van der Waals surface area (Å²) in [5.74, 6) is 0.0467. The maximum absolute atomic E-state index is 14.0. The van der Waals surface area contributed by atoms with Crippen LogP contribution in [0.15, 0.2) is 137 Å². The summed E-state index contributed by atoms with van der Waals surface area (Å²) in [7, 11) is -3.69. The largest absolute Gasteiger partial charge is 0.281 e. The van der Waals surface area contributed by atoms with Gasteiger partial charge in [-0.1, -0.05) is 85.8 Å². The molecule has 1 amide bonds. The maximum Gasteiger partial charge on any atom is 0.281 e. The second kappa shape index (κ2) is 12.3. The number of aromatic nitrogens is 2. The number of amides is 1. The van der Waals surface area contributed by atoms with Crippen molar-refractivity contribution < 1.29 is 13.2 Å². The van der Waals surface area contributed by atoms with Gasteiger partial charge in [0.2, 0.25) is 10.0 Å². The third-order valence-corrected chi connectivity index (χ3v) is 10.2. The molecule has 1 saturated heterocycles. The average molecular weight is 628 g/mol. The Hall–Kier alpha value is -5.12. The van der Waals surface area contributed by atoms with Crippen LogP contribution in [0.3, 0.4) is 0 Å². The number of carbonyl (C=O) groups is 1. The van der Waals surface area contributed by atoms with Crippen LogP contribution < -0.4 is 5.01 Å². The van der Waals surface area contributed by atoms with Crippen molar-refractivity contribution in [3.8, 4) is 16.9 Å². The molecule has 1 unspecified atom stereocenters. The quantitative estimate of drug-likeness (QED) is 0.186. The molecule has 0 radical (unpaired) electrons. The first kappa shape index (κ1) is 29.6. The normalized spacial score (nSPS) is 18.2. The van der Waals surface area contributed by atoms with Crippen molar-refractivity contribution in [2.24, 2.45) is 11.0 Å². The van der Waals surface area contributed by atoms with Crippen LogP contribution in [0.4, 0.5) is 5.69 Å². The second-order valence-corrected chi connectivity index (χ2v) is 13.6. The van der Waals surface area contributed by atoms with Crippen LogP contribution in [-0.4, -0.2) is 47.2 Å².